The van der Waals surface area contributed by atoms with E-state index in [0.717, 1.165) is 32.5 Å². The van der Waals surface area contributed by atoms with Crippen molar-refractivity contribution >= 4 is 5.78 Å². The first-order valence-corrected chi connectivity index (χ1v) is 5.87. The summed E-state index contributed by atoms with van der Waals surface area (Å²) < 4.78 is 0. The third-order valence-corrected chi connectivity index (χ3v) is 3.29. The van der Waals surface area contributed by atoms with E-state index in [1.807, 2.05) is 12.3 Å². The Balaban J connectivity index is 1.84. The summed E-state index contributed by atoms with van der Waals surface area (Å²) in [4.78, 5) is 17.7. The molecule has 0 aromatic carbocycles. The summed E-state index contributed by atoms with van der Waals surface area (Å²) >= 11 is 0. The number of hydrogen-bond acceptors (Lipinski definition) is 3. The van der Waals surface area contributed by atoms with E-state index in [2.05, 4.69) is 16.0 Å². The zero-order chi connectivity index (χ0) is 11.4. The first-order chi connectivity index (χ1) is 7.75. The van der Waals surface area contributed by atoms with E-state index in [9.17, 15) is 4.79 Å². The largest absolute Gasteiger partial charge is 0.300 e. The van der Waals surface area contributed by atoms with Crippen LogP contribution in [-0.4, -0.2) is 28.8 Å². The van der Waals surface area contributed by atoms with Gasteiger partial charge in [-0.25, -0.2) is 0 Å². The van der Waals surface area contributed by atoms with Crippen molar-refractivity contribution < 1.29 is 4.79 Å². The number of aromatic nitrogens is 1. The topological polar surface area (TPSA) is 33.2 Å². The lowest BCUT2D eigenvalue weighted by molar-refractivity contribution is -0.122. The summed E-state index contributed by atoms with van der Waals surface area (Å²) in [7, 11) is 0. The van der Waals surface area contributed by atoms with Crippen LogP contribution in [0.4, 0.5) is 0 Å². The minimum atomic E-state index is 0.296. The molecule has 2 heterocycles. The van der Waals surface area contributed by atoms with Gasteiger partial charge < -0.3 is 0 Å². The Morgan fingerprint density at radius 1 is 1.50 bits per heavy atom. The van der Waals surface area contributed by atoms with Crippen molar-refractivity contribution in [2.75, 3.05) is 13.1 Å². The molecular formula is C13H18N2O. The van der Waals surface area contributed by atoms with E-state index < -0.39 is 0 Å². The summed E-state index contributed by atoms with van der Waals surface area (Å²) in [5, 5.41) is 0. The quantitative estimate of drug-likeness (QED) is 0.776. The van der Waals surface area contributed by atoms with E-state index in [0.29, 0.717) is 11.7 Å². The minimum Gasteiger partial charge on any atom is -0.300 e. The second kappa shape index (κ2) is 5.21. The number of pyridine rings is 1. The van der Waals surface area contributed by atoms with Gasteiger partial charge in [0.1, 0.15) is 5.78 Å². The highest BCUT2D eigenvalue weighted by Gasteiger charge is 2.21. The molecule has 0 aliphatic carbocycles. The van der Waals surface area contributed by atoms with Crippen molar-refractivity contribution in [2.45, 2.75) is 26.3 Å². The molecule has 0 atom stereocenters. The molecule has 1 aliphatic rings. The van der Waals surface area contributed by atoms with E-state index in [1.54, 1.807) is 13.1 Å². The van der Waals surface area contributed by atoms with E-state index in [1.165, 1.54) is 5.56 Å². The molecule has 16 heavy (non-hydrogen) atoms. The fraction of sp³-hybridized carbons (Fsp3) is 0.538. The van der Waals surface area contributed by atoms with Gasteiger partial charge in [-0.15, -0.1) is 0 Å². The van der Waals surface area contributed by atoms with Crippen molar-refractivity contribution in [1.29, 1.82) is 0 Å². The average molecular weight is 218 g/mol. The minimum absolute atomic E-state index is 0.296. The molecule has 0 amide bonds. The maximum Gasteiger partial charge on any atom is 0.133 e. The molecular weight excluding hydrogens is 200 g/mol. The number of carbonyl (C=O) groups excluding carboxylic acids is 1. The molecule has 1 fully saturated rings. The predicted molar refractivity (Wildman–Crippen MR) is 62.9 cm³/mol. The van der Waals surface area contributed by atoms with Crippen LogP contribution in [0, 0.1) is 5.92 Å². The zero-order valence-electron chi connectivity index (χ0n) is 9.72. The summed E-state index contributed by atoms with van der Waals surface area (Å²) in [5.74, 6) is 0.645. The van der Waals surface area contributed by atoms with Crippen molar-refractivity contribution in [2.24, 2.45) is 5.92 Å². The summed E-state index contributed by atoms with van der Waals surface area (Å²) in [6.07, 6.45) is 5.73. The van der Waals surface area contributed by atoms with Crippen molar-refractivity contribution in [3.63, 3.8) is 0 Å². The van der Waals surface area contributed by atoms with Crippen molar-refractivity contribution in [3.05, 3.63) is 30.1 Å². The van der Waals surface area contributed by atoms with Gasteiger partial charge >= 0.3 is 0 Å². The number of piperidine rings is 1. The standard InChI is InChI=1S/C13H18N2O/c1-11(16)13-4-7-15(8-5-13)10-12-3-2-6-14-9-12/h2-3,6,9,13H,4-5,7-8,10H2,1H3. The Bertz CT molecular complexity index is 342. The van der Waals surface area contributed by atoms with Crippen LogP contribution >= 0.6 is 0 Å². The van der Waals surface area contributed by atoms with Crippen LogP contribution in [0.25, 0.3) is 0 Å². The molecule has 1 aromatic heterocycles. The second-order valence-corrected chi connectivity index (χ2v) is 4.52. The molecule has 1 aliphatic heterocycles. The smallest absolute Gasteiger partial charge is 0.133 e. The normalized spacial score (nSPS) is 18.6. The van der Waals surface area contributed by atoms with Gasteiger partial charge in [0.15, 0.2) is 0 Å². The third-order valence-electron chi connectivity index (χ3n) is 3.29. The fourth-order valence-electron chi connectivity index (χ4n) is 2.25. The van der Waals surface area contributed by atoms with Gasteiger partial charge in [0.05, 0.1) is 0 Å². The molecule has 2 rings (SSSR count). The highest BCUT2D eigenvalue weighted by Crippen LogP contribution is 2.19. The lowest BCUT2D eigenvalue weighted by atomic mass is 9.93. The van der Waals surface area contributed by atoms with Crippen LogP contribution in [0.5, 0.6) is 0 Å². The Hall–Kier alpha value is -1.22. The number of nitrogens with zero attached hydrogens (tertiary/aromatic N) is 2. The van der Waals surface area contributed by atoms with Gasteiger partial charge in [0.25, 0.3) is 0 Å². The van der Waals surface area contributed by atoms with Gasteiger partial charge in [-0.1, -0.05) is 6.07 Å². The maximum absolute atomic E-state index is 11.2. The molecule has 0 spiro atoms. The van der Waals surface area contributed by atoms with E-state index in [-0.39, 0.29) is 0 Å². The van der Waals surface area contributed by atoms with E-state index >= 15 is 0 Å². The van der Waals surface area contributed by atoms with Crippen LogP contribution in [-0.2, 0) is 11.3 Å². The number of Topliss-reactive ketones (excluding diaryl/α,β-unsaturated/α-hetero) is 1. The lowest BCUT2D eigenvalue weighted by Crippen LogP contribution is -2.35. The molecule has 1 aromatic rings. The van der Waals surface area contributed by atoms with Gasteiger partial charge in [0.2, 0.25) is 0 Å². The van der Waals surface area contributed by atoms with Crippen LogP contribution < -0.4 is 0 Å². The first-order valence-electron chi connectivity index (χ1n) is 5.87. The Kier molecular flexibility index (Phi) is 3.67. The molecule has 1 saturated heterocycles. The fourth-order valence-corrected chi connectivity index (χ4v) is 2.25. The number of carbonyl (C=O) groups is 1. The lowest BCUT2D eigenvalue weighted by Gasteiger charge is -2.30. The molecule has 3 heteroatoms. The first kappa shape index (κ1) is 11.3. The van der Waals surface area contributed by atoms with Crippen molar-refractivity contribution in [3.8, 4) is 0 Å². The molecule has 0 saturated carbocycles. The Morgan fingerprint density at radius 2 is 2.25 bits per heavy atom. The molecule has 0 N–H and O–H groups in total. The highest BCUT2D eigenvalue weighted by molar-refractivity contribution is 5.78. The number of ketones is 1. The molecule has 0 unspecified atom stereocenters. The summed E-state index contributed by atoms with van der Waals surface area (Å²) in [6, 6.07) is 4.07. The monoisotopic (exact) mass is 218 g/mol. The number of rotatable bonds is 3. The molecule has 86 valence electrons. The Morgan fingerprint density at radius 3 is 2.81 bits per heavy atom. The van der Waals surface area contributed by atoms with Crippen LogP contribution in [0.2, 0.25) is 0 Å². The second-order valence-electron chi connectivity index (χ2n) is 4.52. The summed E-state index contributed by atoms with van der Waals surface area (Å²) in [6.45, 7) is 4.72. The van der Waals surface area contributed by atoms with Crippen LogP contribution in [0.15, 0.2) is 24.5 Å². The van der Waals surface area contributed by atoms with Crippen LogP contribution in [0.1, 0.15) is 25.3 Å². The zero-order valence-corrected chi connectivity index (χ0v) is 9.72. The van der Waals surface area contributed by atoms with Gasteiger partial charge in [-0.05, 0) is 44.5 Å². The van der Waals surface area contributed by atoms with Crippen molar-refractivity contribution in [1.82, 2.24) is 9.88 Å². The Labute approximate surface area is 96.5 Å². The SMILES string of the molecule is CC(=O)C1CCN(Cc2cccnc2)CC1. The van der Waals surface area contributed by atoms with E-state index in [4.69, 9.17) is 0 Å². The predicted octanol–water partition coefficient (Wildman–Crippen LogP) is 1.88. The molecule has 0 radical (unpaired) electrons. The van der Waals surface area contributed by atoms with Crippen LogP contribution in [0.3, 0.4) is 0 Å². The van der Waals surface area contributed by atoms with Gasteiger partial charge in [0, 0.05) is 24.9 Å². The van der Waals surface area contributed by atoms with Gasteiger partial charge in [-0.3, -0.25) is 14.7 Å². The molecule has 0 bridgehead atoms. The highest BCUT2D eigenvalue weighted by atomic mass is 16.1. The maximum atomic E-state index is 11.2. The number of likely N-dealkylation sites (tertiary alicyclic amines) is 1. The average Bonchev–Trinajstić information content (AvgIpc) is 2.31. The third kappa shape index (κ3) is 2.89. The number of hydrogen-bond donors (Lipinski definition) is 0. The van der Waals surface area contributed by atoms with Gasteiger partial charge in [-0.2, -0.15) is 0 Å². The molecule has 3 nitrogen and oxygen atoms in total. The summed E-state index contributed by atoms with van der Waals surface area (Å²) in [5.41, 5.74) is 1.25.